The van der Waals surface area contributed by atoms with E-state index in [0.717, 1.165) is 10.1 Å². The van der Waals surface area contributed by atoms with Gasteiger partial charge in [-0.15, -0.1) is 11.3 Å². The average molecular weight is 298 g/mol. The highest BCUT2D eigenvalue weighted by Gasteiger charge is 2.21. The summed E-state index contributed by atoms with van der Waals surface area (Å²) >= 11 is 1.48. The second-order valence-electron chi connectivity index (χ2n) is 4.52. The number of benzene rings is 2. The number of ketones is 1. The lowest BCUT2D eigenvalue weighted by Gasteiger charge is -2.11. The Labute approximate surface area is 126 Å². The van der Waals surface area contributed by atoms with Crippen molar-refractivity contribution < 1.29 is 14.3 Å². The first-order chi connectivity index (χ1) is 10.2. The highest BCUT2D eigenvalue weighted by molar-refractivity contribution is 7.21. The summed E-state index contributed by atoms with van der Waals surface area (Å²) in [5, 5.41) is 1.07. The fourth-order valence-electron chi connectivity index (χ4n) is 2.29. The maximum Gasteiger partial charge on any atom is 0.210 e. The topological polar surface area (TPSA) is 35.5 Å². The number of hydrogen-bond donors (Lipinski definition) is 0. The molecule has 0 bridgehead atoms. The van der Waals surface area contributed by atoms with Crippen LogP contribution in [0.1, 0.15) is 15.2 Å². The van der Waals surface area contributed by atoms with Crippen molar-refractivity contribution in [1.82, 2.24) is 0 Å². The van der Waals surface area contributed by atoms with Gasteiger partial charge in [0.1, 0.15) is 17.1 Å². The third-order valence-corrected chi connectivity index (χ3v) is 4.42. The van der Waals surface area contributed by atoms with Crippen molar-refractivity contribution >= 4 is 27.2 Å². The lowest BCUT2D eigenvalue weighted by molar-refractivity contribution is 0.103. The summed E-state index contributed by atoms with van der Waals surface area (Å²) in [4.78, 5) is 13.5. The molecule has 2 aromatic carbocycles. The first kappa shape index (κ1) is 13.6. The van der Waals surface area contributed by atoms with Crippen LogP contribution in [0.5, 0.6) is 11.5 Å². The van der Waals surface area contributed by atoms with Crippen molar-refractivity contribution in [3.8, 4) is 11.5 Å². The maximum atomic E-state index is 12.8. The molecular weight excluding hydrogens is 284 g/mol. The smallest absolute Gasteiger partial charge is 0.210 e. The van der Waals surface area contributed by atoms with E-state index in [4.69, 9.17) is 9.47 Å². The molecular formula is C17H14O3S. The molecule has 0 amide bonds. The summed E-state index contributed by atoms with van der Waals surface area (Å²) in [7, 11) is 3.10. The number of carbonyl (C=O) groups excluding carboxylic acids is 1. The zero-order chi connectivity index (χ0) is 14.8. The van der Waals surface area contributed by atoms with E-state index in [2.05, 4.69) is 0 Å². The van der Waals surface area contributed by atoms with Gasteiger partial charge in [-0.25, -0.2) is 0 Å². The van der Waals surface area contributed by atoms with Crippen molar-refractivity contribution in [3.05, 3.63) is 59.0 Å². The van der Waals surface area contributed by atoms with Gasteiger partial charge in [0, 0.05) is 4.70 Å². The maximum absolute atomic E-state index is 12.8. The molecule has 4 heteroatoms. The fourth-order valence-corrected chi connectivity index (χ4v) is 3.30. The minimum Gasteiger partial charge on any atom is -0.496 e. The average Bonchev–Trinajstić information content (AvgIpc) is 2.97. The van der Waals surface area contributed by atoms with Gasteiger partial charge < -0.3 is 9.47 Å². The summed E-state index contributed by atoms with van der Waals surface area (Å²) in [6, 6.07) is 15.2. The summed E-state index contributed by atoms with van der Waals surface area (Å²) in [5.74, 6) is 0.971. The lowest BCUT2D eigenvalue weighted by Crippen LogP contribution is -2.04. The molecule has 0 aliphatic rings. The van der Waals surface area contributed by atoms with E-state index in [1.807, 2.05) is 30.3 Å². The Morgan fingerprint density at radius 3 is 2.24 bits per heavy atom. The molecule has 0 aliphatic carbocycles. The molecule has 106 valence electrons. The van der Waals surface area contributed by atoms with Crippen LogP contribution in [-0.4, -0.2) is 20.0 Å². The first-order valence-electron chi connectivity index (χ1n) is 6.49. The fraction of sp³-hybridized carbons (Fsp3) is 0.118. The van der Waals surface area contributed by atoms with Gasteiger partial charge in [0.05, 0.1) is 19.1 Å². The zero-order valence-electron chi connectivity index (χ0n) is 11.8. The predicted molar refractivity (Wildman–Crippen MR) is 84.8 cm³/mol. The molecule has 0 unspecified atom stereocenters. The largest absolute Gasteiger partial charge is 0.496 e. The monoisotopic (exact) mass is 298 g/mol. The zero-order valence-corrected chi connectivity index (χ0v) is 12.6. The summed E-state index contributed by atoms with van der Waals surface area (Å²) in [6.07, 6.45) is 0. The van der Waals surface area contributed by atoms with E-state index in [9.17, 15) is 4.79 Å². The number of ether oxygens (including phenoxy) is 2. The highest BCUT2D eigenvalue weighted by Crippen LogP contribution is 2.34. The Kier molecular flexibility index (Phi) is 3.62. The van der Waals surface area contributed by atoms with Gasteiger partial charge in [0.2, 0.25) is 5.78 Å². The van der Waals surface area contributed by atoms with Crippen molar-refractivity contribution in [2.45, 2.75) is 0 Å². The number of fused-ring (bicyclic) bond motifs is 1. The molecule has 0 saturated heterocycles. The van der Waals surface area contributed by atoms with Gasteiger partial charge in [-0.2, -0.15) is 0 Å². The highest BCUT2D eigenvalue weighted by atomic mass is 32.1. The van der Waals surface area contributed by atoms with Crippen LogP contribution in [-0.2, 0) is 0 Å². The molecule has 0 aliphatic heterocycles. The van der Waals surface area contributed by atoms with Crippen molar-refractivity contribution in [1.29, 1.82) is 0 Å². The van der Waals surface area contributed by atoms with Crippen LogP contribution >= 0.6 is 11.3 Å². The third kappa shape index (κ3) is 2.38. The molecule has 0 spiro atoms. The van der Waals surface area contributed by atoms with E-state index in [1.54, 1.807) is 32.4 Å². The van der Waals surface area contributed by atoms with E-state index in [1.165, 1.54) is 11.3 Å². The Morgan fingerprint density at radius 1 is 0.952 bits per heavy atom. The molecule has 1 heterocycles. The van der Waals surface area contributed by atoms with E-state index in [-0.39, 0.29) is 5.78 Å². The quantitative estimate of drug-likeness (QED) is 0.679. The van der Waals surface area contributed by atoms with Crippen LogP contribution in [0.4, 0.5) is 0 Å². The summed E-state index contributed by atoms with van der Waals surface area (Å²) in [5.41, 5.74) is 0.467. The Morgan fingerprint density at radius 2 is 1.62 bits per heavy atom. The molecule has 3 aromatic rings. The van der Waals surface area contributed by atoms with Gasteiger partial charge in [-0.1, -0.05) is 24.3 Å². The number of hydrogen-bond acceptors (Lipinski definition) is 4. The SMILES string of the molecule is COc1cccc(OC)c1C(=O)c1cc2ccccc2s1. The molecule has 0 N–H and O–H groups in total. The van der Waals surface area contributed by atoms with Crippen LogP contribution in [0.25, 0.3) is 10.1 Å². The lowest BCUT2D eigenvalue weighted by atomic mass is 10.1. The van der Waals surface area contributed by atoms with E-state index >= 15 is 0 Å². The molecule has 3 rings (SSSR count). The van der Waals surface area contributed by atoms with Gasteiger partial charge in [0.15, 0.2) is 0 Å². The van der Waals surface area contributed by atoms with Crippen LogP contribution < -0.4 is 9.47 Å². The number of carbonyl (C=O) groups is 1. The van der Waals surface area contributed by atoms with E-state index < -0.39 is 0 Å². The van der Waals surface area contributed by atoms with Crippen molar-refractivity contribution in [3.63, 3.8) is 0 Å². The molecule has 0 saturated carbocycles. The number of rotatable bonds is 4. The van der Waals surface area contributed by atoms with Crippen LogP contribution in [0, 0.1) is 0 Å². The Bertz CT molecular complexity index is 749. The molecule has 0 atom stereocenters. The molecule has 21 heavy (non-hydrogen) atoms. The molecule has 1 aromatic heterocycles. The van der Waals surface area contributed by atoms with Gasteiger partial charge in [-0.3, -0.25) is 4.79 Å². The minimum atomic E-state index is -0.0782. The second-order valence-corrected chi connectivity index (χ2v) is 5.60. The second kappa shape index (κ2) is 5.58. The summed E-state index contributed by atoms with van der Waals surface area (Å²) < 4.78 is 11.7. The standard InChI is InChI=1S/C17H14O3S/c1-19-12-7-5-8-13(20-2)16(12)17(18)15-10-11-6-3-4-9-14(11)21-15/h3-10H,1-2H3. The third-order valence-electron chi connectivity index (χ3n) is 3.30. The normalized spacial score (nSPS) is 10.6. The molecule has 0 radical (unpaired) electrons. The van der Waals surface area contributed by atoms with E-state index in [0.29, 0.717) is 21.9 Å². The number of methoxy groups -OCH3 is 2. The van der Waals surface area contributed by atoms with Crippen LogP contribution in [0.2, 0.25) is 0 Å². The van der Waals surface area contributed by atoms with Crippen LogP contribution in [0.15, 0.2) is 48.5 Å². The Hall–Kier alpha value is -2.33. The van der Waals surface area contributed by atoms with Gasteiger partial charge >= 0.3 is 0 Å². The minimum absolute atomic E-state index is 0.0782. The molecule has 0 fully saturated rings. The van der Waals surface area contributed by atoms with Crippen LogP contribution in [0.3, 0.4) is 0 Å². The number of thiophene rings is 1. The predicted octanol–water partition coefficient (Wildman–Crippen LogP) is 4.15. The van der Waals surface area contributed by atoms with Crippen molar-refractivity contribution in [2.24, 2.45) is 0 Å². The Balaban J connectivity index is 2.13. The van der Waals surface area contributed by atoms with Gasteiger partial charge in [0.25, 0.3) is 0 Å². The van der Waals surface area contributed by atoms with Gasteiger partial charge in [-0.05, 0) is 29.7 Å². The first-order valence-corrected chi connectivity index (χ1v) is 7.30. The van der Waals surface area contributed by atoms with Crippen molar-refractivity contribution in [2.75, 3.05) is 14.2 Å². The summed E-state index contributed by atoms with van der Waals surface area (Å²) in [6.45, 7) is 0. The molecule has 3 nitrogen and oxygen atoms in total.